The molecule has 2 heterocycles. The molecule has 1 N–H and O–H groups in total. The molecule has 0 aliphatic heterocycles. The van der Waals surface area contributed by atoms with E-state index in [9.17, 15) is 18.8 Å². The average molecular weight is 496 g/mol. The third kappa shape index (κ3) is 5.04. The van der Waals surface area contributed by atoms with Crippen LogP contribution < -0.4 is 21.0 Å². The summed E-state index contributed by atoms with van der Waals surface area (Å²) in [6, 6.07) is 23.9. The number of nitrogens with one attached hydrogen (secondary N) is 1. The molecule has 184 valence electrons. The first-order valence-electron chi connectivity index (χ1n) is 11.6. The Bertz CT molecular complexity index is 1680. The Morgan fingerprint density at radius 2 is 1.51 bits per heavy atom. The van der Waals surface area contributed by atoms with Crippen LogP contribution in [0.5, 0.6) is 5.75 Å². The Hall–Kier alpha value is -4.98. The first kappa shape index (κ1) is 23.7. The second kappa shape index (κ2) is 10.3. The van der Waals surface area contributed by atoms with Crippen molar-refractivity contribution in [2.24, 2.45) is 0 Å². The number of pyridine rings is 1. The lowest BCUT2D eigenvalue weighted by Gasteiger charge is -2.14. The summed E-state index contributed by atoms with van der Waals surface area (Å²) < 4.78 is 21.9. The largest absolute Gasteiger partial charge is 0.483 e. The van der Waals surface area contributed by atoms with Gasteiger partial charge in [-0.25, -0.2) is 4.39 Å². The topological polar surface area (TPSA) is 81.8 Å². The normalized spacial score (nSPS) is 10.8. The van der Waals surface area contributed by atoms with Crippen LogP contribution in [0.3, 0.4) is 0 Å². The number of aromatic nitrogens is 2. The Morgan fingerprint density at radius 3 is 2.22 bits per heavy atom. The summed E-state index contributed by atoms with van der Waals surface area (Å²) in [4.78, 5) is 40.0. The molecule has 0 aliphatic rings. The third-order valence-corrected chi connectivity index (χ3v) is 5.86. The van der Waals surface area contributed by atoms with Crippen LogP contribution in [0, 0.1) is 5.82 Å². The highest BCUT2D eigenvalue weighted by Crippen LogP contribution is 2.17. The van der Waals surface area contributed by atoms with E-state index in [2.05, 4.69) is 5.32 Å². The van der Waals surface area contributed by atoms with Gasteiger partial charge in [0.25, 0.3) is 11.5 Å². The summed E-state index contributed by atoms with van der Waals surface area (Å²) >= 11 is 0. The Kier molecular flexibility index (Phi) is 6.63. The van der Waals surface area contributed by atoms with E-state index in [-0.39, 0.29) is 35.8 Å². The number of ether oxygens (including phenoxy) is 1. The molecule has 0 aliphatic carbocycles. The molecule has 0 atom stereocenters. The van der Waals surface area contributed by atoms with Gasteiger partial charge < -0.3 is 14.5 Å². The van der Waals surface area contributed by atoms with Gasteiger partial charge in [0.05, 0.1) is 0 Å². The maximum absolute atomic E-state index is 13.5. The minimum atomic E-state index is -0.699. The number of carbonyl (C=O) groups is 1. The number of halogens is 1. The molecule has 0 fully saturated rings. The van der Waals surface area contributed by atoms with E-state index >= 15 is 0 Å². The van der Waals surface area contributed by atoms with Crippen LogP contribution in [0.4, 0.5) is 4.39 Å². The van der Waals surface area contributed by atoms with Crippen molar-refractivity contribution in [3.05, 3.63) is 147 Å². The van der Waals surface area contributed by atoms with Crippen LogP contribution in [0.25, 0.3) is 11.2 Å². The Labute approximate surface area is 211 Å². The van der Waals surface area contributed by atoms with E-state index in [1.807, 2.05) is 36.4 Å². The number of benzene rings is 3. The zero-order chi connectivity index (χ0) is 25.8. The molecule has 5 aromatic rings. The maximum Gasteiger partial charge on any atom is 0.283 e. The summed E-state index contributed by atoms with van der Waals surface area (Å²) in [5.41, 5.74) is 0.759. The van der Waals surface area contributed by atoms with Crippen molar-refractivity contribution in [2.45, 2.75) is 13.2 Å². The minimum absolute atomic E-state index is 0.0161. The van der Waals surface area contributed by atoms with Crippen molar-refractivity contribution in [3.8, 4) is 11.4 Å². The second-order valence-electron chi connectivity index (χ2n) is 8.35. The smallest absolute Gasteiger partial charge is 0.283 e. The number of nitrogens with zero attached hydrogens (tertiary/aromatic N) is 2. The molecule has 37 heavy (non-hydrogen) atoms. The molecular formula is C29H22FN3O4. The fraction of sp³-hybridized carbons (Fsp3) is 0.0690. The zero-order valence-corrected chi connectivity index (χ0v) is 19.6. The van der Waals surface area contributed by atoms with Crippen LogP contribution in [-0.4, -0.2) is 14.9 Å². The van der Waals surface area contributed by atoms with E-state index in [1.54, 1.807) is 48.8 Å². The monoisotopic (exact) mass is 495 g/mol. The quantitative estimate of drug-likeness (QED) is 0.369. The first-order valence-corrected chi connectivity index (χ1v) is 11.6. The van der Waals surface area contributed by atoms with Crippen molar-refractivity contribution in [2.75, 3.05) is 0 Å². The number of hydrogen-bond acceptors (Lipinski definition) is 4. The highest BCUT2D eigenvalue weighted by atomic mass is 19.1. The second-order valence-corrected chi connectivity index (χ2v) is 8.35. The zero-order valence-electron chi connectivity index (χ0n) is 19.6. The molecule has 0 unspecified atom stereocenters. The number of carbonyl (C=O) groups excluding carboxylic acids is 1. The van der Waals surface area contributed by atoms with Crippen molar-refractivity contribution < 1.29 is 13.9 Å². The molecular weight excluding hydrogens is 473 g/mol. The van der Waals surface area contributed by atoms with Crippen LogP contribution in [0.2, 0.25) is 0 Å². The third-order valence-electron chi connectivity index (χ3n) is 5.86. The number of fused-ring (bicyclic) bond motifs is 1. The van der Waals surface area contributed by atoms with Gasteiger partial charge >= 0.3 is 0 Å². The molecule has 8 heteroatoms. The van der Waals surface area contributed by atoms with Crippen LogP contribution in [0.15, 0.2) is 113 Å². The Balaban J connectivity index is 1.57. The highest BCUT2D eigenvalue weighted by Gasteiger charge is 2.21. The summed E-state index contributed by atoms with van der Waals surface area (Å²) in [5.74, 6) is -1.24. The molecule has 3 aromatic carbocycles. The minimum Gasteiger partial charge on any atom is -0.483 e. The molecule has 5 rings (SSSR count). The summed E-state index contributed by atoms with van der Waals surface area (Å²) in [6.07, 6.45) is 4.48. The van der Waals surface area contributed by atoms with Crippen LogP contribution in [-0.2, 0) is 13.2 Å². The SMILES string of the molecule is O=C(NCc1ccc(F)cc1)c1cn2ccn(-c3ccccc3)c(=O)c2c(OCc2ccccc2)c1=O. The highest BCUT2D eigenvalue weighted by molar-refractivity contribution is 5.95. The van der Waals surface area contributed by atoms with Gasteiger partial charge in [-0.3, -0.25) is 19.0 Å². The standard InChI is InChI=1S/C29H22FN3O4/c30-22-13-11-20(12-14-22)17-31-28(35)24-18-32-15-16-33(23-9-5-2-6-10-23)29(36)25(32)27(26(24)34)37-19-21-7-3-1-4-8-21/h1-16,18H,17,19H2,(H,31,35). The van der Waals surface area contributed by atoms with Crippen LogP contribution in [0.1, 0.15) is 21.5 Å². The molecule has 0 spiro atoms. The average Bonchev–Trinajstić information content (AvgIpc) is 2.93. The molecule has 1 amide bonds. The number of hydrogen-bond donors (Lipinski definition) is 1. The van der Waals surface area contributed by atoms with E-state index < -0.39 is 16.9 Å². The van der Waals surface area contributed by atoms with Crippen molar-refractivity contribution in [1.82, 2.24) is 14.3 Å². The van der Waals surface area contributed by atoms with E-state index in [1.165, 1.54) is 27.3 Å². The fourth-order valence-electron chi connectivity index (χ4n) is 3.95. The van der Waals surface area contributed by atoms with Gasteiger partial charge in [0.2, 0.25) is 5.43 Å². The lowest BCUT2D eigenvalue weighted by molar-refractivity contribution is 0.0948. The molecule has 7 nitrogen and oxygen atoms in total. The van der Waals surface area contributed by atoms with Crippen molar-refractivity contribution >= 4 is 11.4 Å². The number of para-hydroxylation sites is 1. The molecule has 2 aromatic heterocycles. The molecule has 0 saturated carbocycles. The lowest BCUT2D eigenvalue weighted by atomic mass is 10.2. The van der Waals surface area contributed by atoms with E-state index in [0.717, 1.165) is 5.56 Å². The first-order chi connectivity index (χ1) is 18.0. The summed E-state index contributed by atoms with van der Waals surface area (Å²) in [7, 11) is 0. The predicted molar refractivity (Wildman–Crippen MR) is 138 cm³/mol. The van der Waals surface area contributed by atoms with Crippen molar-refractivity contribution in [3.63, 3.8) is 0 Å². The van der Waals surface area contributed by atoms with Gasteiger partial charge in [-0.15, -0.1) is 0 Å². The van der Waals surface area contributed by atoms with Crippen LogP contribution >= 0.6 is 0 Å². The summed E-state index contributed by atoms with van der Waals surface area (Å²) in [6.45, 7) is 0.128. The molecule has 0 radical (unpaired) electrons. The molecule has 0 bridgehead atoms. The van der Waals surface area contributed by atoms with E-state index in [4.69, 9.17) is 4.74 Å². The van der Waals surface area contributed by atoms with Gasteiger partial charge in [0.1, 0.15) is 18.0 Å². The van der Waals surface area contributed by atoms with Crippen molar-refractivity contribution in [1.29, 1.82) is 0 Å². The predicted octanol–water partition coefficient (Wildman–Crippen LogP) is 4.10. The summed E-state index contributed by atoms with van der Waals surface area (Å²) in [5, 5.41) is 2.68. The van der Waals surface area contributed by atoms with Gasteiger partial charge in [-0.1, -0.05) is 60.7 Å². The lowest BCUT2D eigenvalue weighted by Crippen LogP contribution is -2.31. The maximum atomic E-state index is 13.5. The molecule has 0 saturated heterocycles. The van der Waals surface area contributed by atoms with Gasteiger partial charge in [-0.05, 0) is 35.4 Å². The van der Waals surface area contributed by atoms with Gasteiger partial charge in [0.15, 0.2) is 11.3 Å². The number of amides is 1. The van der Waals surface area contributed by atoms with E-state index in [0.29, 0.717) is 11.3 Å². The fourth-order valence-corrected chi connectivity index (χ4v) is 3.95. The van der Waals surface area contributed by atoms with Gasteiger partial charge in [-0.2, -0.15) is 0 Å². The Morgan fingerprint density at radius 1 is 0.838 bits per heavy atom. The number of rotatable bonds is 7. The van der Waals surface area contributed by atoms with Gasteiger partial charge in [0, 0.05) is 30.8 Å².